The molecule has 1 saturated carbocycles. The maximum Gasteiger partial charge on any atom is 0.407 e. The molecule has 0 bridgehead atoms. The van der Waals surface area contributed by atoms with Crippen LogP contribution >= 0.6 is 31.9 Å². The van der Waals surface area contributed by atoms with Gasteiger partial charge >= 0.3 is 18.2 Å². The first-order valence-corrected chi connectivity index (χ1v) is 21.6. The lowest BCUT2D eigenvalue weighted by Crippen LogP contribution is -2.57. The monoisotopic (exact) mass is 975 g/mol. The molecule has 1 aromatic carbocycles. The normalized spacial score (nSPS) is 24.5. The summed E-state index contributed by atoms with van der Waals surface area (Å²) in [6, 6.07) is 1.79. The molecular weight excluding hydrogens is 922 g/mol. The van der Waals surface area contributed by atoms with E-state index in [2.05, 4.69) is 59.3 Å². The van der Waals surface area contributed by atoms with E-state index in [9.17, 15) is 24.6 Å². The largest absolute Gasteiger partial charge is 0.489 e. The zero-order chi connectivity index (χ0) is 42.9. The molecule has 0 radical (unpaired) electrons. The summed E-state index contributed by atoms with van der Waals surface area (Å²) in [4.78, 5) is 39.2. The van der Waals surface area contributed by atoms with Crippen molar-refractivity contribution < 1.29 is 72.0 Å². The van der Waals surface area contributed by atoms with E-state index < -0.39 is 48.7 Å². The number of aliphatic hydroxyl groups excluding tert-OH is 2. The minimum absolute atomic E-state index is 0.0645. The van der Waals surface area contributed by atoms with E-state index in [1.54, 1.807) is 19.2 Å². The number of aromatic nitrogens is 1. The molecule has 334 valence electrons. The number of alkyl carbamates (subject to hydrolysis) is 2. The first-order valence-electron chi connectivity index (χ1n) is 20.1. The van der Waals surface area contributed by atoms with E-state index in [4.69, 9.17) is 47.4 Å². The Hall–Kier alpha value is -3.39. The summed E-state index contributed by atoms with van der Waals surface area (Å²) in [6.45, 7) is 5.22. The van der Waals surface area contributed by atoms with Crippen molar-refractivity contribution >= 4 is 60.9 Å². The van der Waals surface area contributed by atoms with Crippen LogP contribution in [0.15, 0.2) is 21.2 Å². The molecule has 1 aromatic heterocycles. The number of nitrogens with one attached hydrogen (secondary N) is 3. The predicted molar refractivity (Wildman–Crippen MR) is 220 cm³/mol. The third-order valence-corrected chi connectivity index (χ3v) is 11.7. The van der Waals surface area contributed by atoms with Gasteiger partial charge in [0.15, 0.2) is 6.10 Å². The van der Waals surface area contributed by atoms with Gasteiger partial charge in [0, 0.05) is 38.0 Å². The summed E-state index contributed by atoms with van der Waals surface area (Å²) in [5.41, 5.74) is 0.673. The van der Waals surface area contributed by atoms with Gasteiger partial charge in [-0.15, -0.1) is 11.8 Å². The Morgan fingerprint density at radius 2 is 1.42 bits per heavy atom. The number of carbonyl (C=O) groups excluding carboxylic acids is 3. The molecule has 8 atom stereocenters. The Morgan fingerprint density at radius 1 is 0.833 bits per heavy atom. The standard InChI is InChI=1S/C40H55Br2N3O15/c1-24-33(46)34(47)38(60-35(24)37(48)51-2)59-30-22-45-29-21-28(41)36(32(42)31(29)30)56-19-17-54-15-16-55-18-20-57-39(49)43-9-11-52-13-14-53-12-10-44-40(50)58-23-27-25-7-5-3-4-6-8-26(25)27/h21-22,24-27,33-35,38,45-47H,5-20,23H2,1-2H3,(H,43,49)(H,44,50)/t24-,25-,26+,27?,33-,34+,35-,38+/m0/s1. The zero-order valence-corrected chi connectivity index (χ0v) is 36.9. The van der Waals surface area contributed by atoms with Crippen LogP contribution in [0.1, 0.15) is 32.6 Å². The van der Waals surface area contributed by atoms with Gasteiger partial charge in [0.1, 0.15) is 30.8 Å². The van der Waals surface area contributed by atoms with Gasteiger partial charge in [-0.3, -0.25) is 0 Å². The molecule has 20 heteroatoms. The number of aromatic amines is 1. The van der Waals surface area contributed by atoms with Crippen molar-refractivity contribution in [3.05, 3.63) is 21.2 Å². The Kier molecular flexibility index (Phi) is 19.8. The number of rotatable bonds is 24. The molecule has 18 nitrogen and oxygen atoms in total. The molecule has 2 aliphatic carbocycles. The fourth-order valence-electron chi connectivity index (χ4n) is 7.05. The molecule has 1 saturated heterocycles. The number of aliphatic hydroxyl groups is 2. The van der Waals surface area contributed by atoms with Crippen molar-refractivity contribution in [2.75, 3.05) is 92.9 Å². The molecule has 1 aliphatic heterocycles. The Labute approximate surface area is 365 Å². The lowest BCUT2D eigenvalue weighted by molar-refractivity contribution is -0.256. The fraction of sp³-hybridized carbons (Fsp3) is 0.675. The SMILES string of the molecule is COC(=O)[C@H]1O[C@@H](Oc2c[nH]c3cc(Br)c(OCCOCCOCCOC(=O)NCCOCCOCCNC(=O)OCC4[C@H]5CCC#CCC[C@@H]45)c(Br)c23)[C@H](O)[C@@H](O)[C@@H]1C. The quantitative estimate of drug-likeness (QED) is 0.0438. The van der Waals surface area contributed by atoms with Crippen LogP contribution in [0.3, 0.4) is 0 Å². The molecule has 2 heterocycles. The summed E-state index contributed by atoms with van der Waals surface area (Å²) in [5.74, 6) is 7.46. The van der Waals surface area contributed by atoms with Crippen molar-refractivity contribution in [1.29, 1.82) is 0 Å². The summed E-state index contributed by atoms with van der Waals surface area (Å²) in [6.07, 6.45) is -0.574. The summed E-state index contributed by atoms with van der Waals surface area (Å²) >= 11 is 7.10. The molecule has 60 heavy (non-hydrogen) atoms. The Bertz CT molecular complexity index is 1740. The average Bonchev–Trinajstić information content (AvgIpc) is 3.70. The molecule has 2 fully saturated rings. The topological polar surface area (TPSA) is 224 Å². The van der Waals surface area contributed by atoms with Crippen molar-refractivity contribution in [2.24, 2.45) is 23.7 Å². The second-order valence-electron chi connectivity index (χ2n) is 14.3. The van der Waals surface area contributed by atoms with Crippen molar-refractivity contribution in [3.63, 3.8) is 0 Å². The predicted octanol–water partition coefficient (Wildman–Crippen LogP) is 3.66. The highest BCUT2D eigenvalue weighted by atomic mass is 79.9. The number of halogens is 2. The van der Waals surface area contributed by atoms with Crippen LogP contribution in [0.4, 0.5) is 9.59 Å². The van der Waals surface area contributed by atoms with E-state index in [1.807, 2.05) is 0 Å². The van der Waals surface area contributed by atoms with E-state index >= 15 is 0 Å². The van der Waals surface area contributed by atoms with Gasteiger partial charge in [-0.05, 0) is 68.5 Å². The Morgan fingerprint density at radius 3 is 2.05 bits per heavy atom. The molecule has 5 rings (SSSR count). The third-order valence-electron chi connectivity index (χ3n) is 10.3. The summed E-state index contributed by atoms with van der Waals surface area (Å²) < 4.78 is 56.1. The first-order chi connectivity index (χ1) is 29.1. The van der Waals surface area contributed by atoms with Crippen LogP contribution in [0, 0.1) is 35.5 Å². The summed E-state index contributed by atoms with van der Waals surface area (Å²) in [7, 11) is 1.21. The maximum atomic E-state index is 12.2. The number of fused-ring (bicyclic) bond motifs is 2. The maximum absolute atomic E-state index is 12.2. The highest BCUT2D eigenvalue weighted by molar-refractivity contribution is 9.11. The van der Waals surface area contributed by atoms with Crippen LogP contribution in [-0.4, -0.2) is 151 Å². The van der Waals surface area contributed by atoms with Gasteiger partial charge in [-0.2, -0.15) is 0 Å². The number of H-pyrrole nitrogens is 1. The first kappa shape index (κ1) is 47.7. The molecule has 3 aliphatic rings. The minimum Gasteiger partial charge on any atom is -0.489 e. The van der Waals surface area contributed by atoms with Gasteiger partial charge < -0.3 is 73.2 Å². The van der Waals surface area contributed by atoms with Gasteiger partial charge in [0.25, 0.3) is 0 Å². The molecule has 1 unspecified atom stereocenters. The number of hydrogen-bond acceptors (Lipinski definition) is 15. The number of amides is 2. The summed E-state index contributed by atoms with van der Waals surface area (Å²) in [5, 5.41) is 27.1. The molecule has 2 aromatic rings. The lowest BCUT2D eigenvalue weighted by atomic mass is 9.90. The van der Waals surface area contributed by atoms with E-state index in [0.717, 1.165) is 25.7 Å². The van der Waals surface area contributed by atoms with Gasteiger partial charge in [-0.1, -0.05) is 6.92 Å². The number of hydrogen-bond donors (Lipinski definition) is 5. The average molecular weight is 978 g/mol. The second-order valence-corrected chi connectivity index (χ2v) is 15.9. The highest BCUT2D eigenvalue weighted by Gasteiger charge is 2.49. The number of benzene rings is 1. The van der Waals surface area contributed by atoms with Crippen LogP contribution in [0.25, 0.3) is 10.9 Å². The minimum atomic E-state index is -1.42. The molecule has 5 N–H and O–H groups in total. The van der Waals surface area contributed by atoms with E-state index in [-0.39, 0.29) is 58.5 Å². The van der Waals surface area contributed by atoms with Crippen LogP contribution in [-0.2, 0) is 42.7 Å². The fourth-order valence-corrected chi connectivity index (χ4v) is 8.60. The number of methoxy groups -OCH3 is 1. The molecule has 0 spiro atoms. The zero-order valence-electron chi connectivity index (χ0n) is 33.8. The van der Waals surface area contributed by atoms with Crippen molar-refractivity contribution in [2.45, 2.75) is 57.2 Å². The van der Waals surface area contributed by atoms with Crippen LogP contribution < -0.4 is 20.1 Å². The highest BCUT2D eigenvalue weighted by Crippen LogP contribution is 2.52. The second kappa shape index (κ2) is 24.9. The number of carbonyl (C=O) groups is 3. The van der Waals surface area contributed by atoms with Gasteiger partial charge in [0.05, 0.1) is 92.5 Å². The van der Waals surface area contributed by atoms with Crippen LogP contribution in [0.5, 0.6) is 11.5 Å². The van der Waals surface area contributed by atoms with E-state index in [1.165, 1.54) is 7.11 Å². The number of ether oxygens (including phenoxy) is 10. The van der Waals surface area contributed by atoms with E-state index in [0.29, 0.717) is 76.3 Å². The molecule has 2 amide bonds. The third kappa shape index (κ3) is 14.1. The molecular formula is C40H55Br2N3O15. The smallest absolute Gasteiger partial charge is 0.407 e. The van der Waals surface area contributed by atoms with Gasteiger partial charge in [-0.25, -0.2) is 14.4 Å². The Balaban J connectivity index is 0.833. The number of esters is 1. The van der Waals surface area contributed by atoms with Gasteiger partial charge in [0.2, 0.25) is 6.29 Å². The van der Waals surface area contributed by atoms with Crippen molar-refractivity contribution in [3.8, 4) is 23.3 Å². The van der Waals surface area contributed by atoms with Crippen LogP contribution in [0.2, 0.25) is 0 Å². The lowest BCUT2D eigenvalue weighted by Gasteiger charge is -2.39. The van der Waals surface area contributed by atoms with Crippen molar-refractivity contribution in [1.82, 2.24) is 15.6 Å².